The number of halogens is 1. The number of aryl methyl sites for hydroxylation is 1. The fourth-order valence-corrected chi connectivity index (χ4v) is 1.25. The predicted molar refractivity (Wildman–Crippen MR) is 48.3 cm³/mol. The van der Waals surface area contributed by atoms with E-state index in [1.165, 1.54) is 12.1 Å². The van der Waals surface area contributed by atoms with Crippen LogP contribution in [0.3, 0.4) is 0 Å². The quantitative estimate of drug-likeness (QED) is 0.652. The van der Waals surface area contributed by atoms with E-state index in [1.54, 1.807) is 18.3 Å². The minimum absolute atomic E-state index is 0.221. The zero-order valence-electron chi connectivity index (χ0n) is 7.24. The van der Waals surface area contributed by atoms with E-state index in [4.69, 9.17) is 0 Å². The van der Waals surface area contributed by atoms with Gasteiger partial charge in [-0.05, 0) is 31.2 Å². The Hall–Kier alpha value is -1.64. The van der Waals surface area contributed by atoms with Crippen molar-refractivity contribution in [3.05, 3.63) is 48.3 Å². The van der Waals surface area contributed by atoms with Gasteiger partial charge in [0.25, 0.3) is 0 Å². The molecule has 2 nitrogen and oxygen atoms in total. The summed E-state index contributed by atoms with van der Waals surface area (Å²) in [7, 11) is 0. The summed E-state index contributed by atoms with van der Waals surface area (Å²) < 4.78 is 14.5. The van der Waals surface area contributed by atoms with Gasteiger partial charge >= 0.3 is 0 Å². The summed E-state index contributed by atoms with van der Waals surface area (Å²) in [5.74, 6) is 0.674. The largest absolute Gasteiger partial charge is 0.304 e. The van der Waals surface area contributed by atoms with Gasteiger partial charge in [0.2, 0.25) is 0 Å². The molecule has 0 saturated heterocycles. The maximum atomic E-state index is 12.6. The fraction of sp³-hybridized carbons (Fsp3) is 0.100. The summed E-state index contributed by atoms with van der Waals surface area (Å²) >= 11 is 0. The highest BCUT2D eigenvalue weighted by Gasteiger charge is 1.99. The molecular weight excluding hydrogens is 167 g/mol. The van der Waals surface area contributed by atoms with Crippen molar-refractivity contribution in [1.29, 1.82) is 0 Å². The van der Waals surface area contributed by atoms with Crippen LogP contribution >= 0.6 is 0 Å². The first-order valence-electron chi connectivity index (χ1n) is 4.03. The summed E-state index contributed by atoms with van der Waals surface area (Å²) in [6, 6.07) is 6.33. The van der Waals surface area contributed by atoms with E-state index in [2.05, 4.69) is 4.98 Å². The van der Waals surface area contributed by atoms with E-state index in [9.17, 15) is 4.39 Å². The van der Waals surface area contributed by atoms with Gasteiger partial charge in [0.1, 0.15) is 11.6 Å². The zero-order chi connectivity index (χ0) is 9.26. The second kappa shape index (κ2) is 3.01. The van der Waals surface area contributed by atoms with Crippen molar-refractivity contribution in [2.24, 2.45) is 0 Å². The average Bonchev–Trinajstić information content (AvgIpc) is 2.53. The van der Waals surface area contributed by atoms with E-state index in [0.29, 0.717) is 0 Å². The lowest BCUT2D eigenvalue weighted by Crippen LogP contribution is -1.94. The van der Waals surface area contributed by atoms with E-state index in [1.807, 2.05) is 17.7 Å². The SMILES string of the molecule is Cc1nccn1-c1ccc(F)cc1. The van der Waals surface area contributed by atoms with Crippen molar-refractivity contribution in [2.45, 2.75) is 6.92 Å². The van der Waals surface area contributed by atoms with E-state index < -0.39 is 0 Å². The molecule has 3 heteroatoms. The Balaban J connectivity index is 2.47. The molecule has 1 aromatic heterocycles. The first kappa shape index (κ1) is 7.98. The van der Waals surface area contributed by atoms with Crippen LogP contribution in [0, 0.1) is 12.7 Å². The molecule has 13 heavy (non-hydrogen) atoms. The Bertz CT molecular complexity index is 403. The third kappa shape index (κ3) is 1.45. The summed E-state index contributed by atoms with van der Waals surface area (Å²) in [6.45, 7) is 1.91. The molecule has 0 atom stereocenters. The first-order chi connectivity index (χ1) is 6.27. The summed E-state index contributed by atoms with van der Waals surface area (Å²) in [4.78, 5) is 4.08. The molecule has 0 saturated carbocycles. The number of rotatable bonds is 1. The molecule has 1 aromatic carbocycles. The molecule has 2 rings (SSSR count). The molecule has 0 aliphatic rings. The Morgan fingerprint density at radius 1 is 1.23 bits per heavy atom. The molecule has 0 aliphatic carbocycles. The van der Waals surface area contributed by atoms with Crippen LogP contribution in [0.25, 0.3) is 5.69 Å². The van der Waals surface area contributed by atoms with Gasteiger partial charge in [-0.15, -0.1) is 0 Å². The van der Waals surface area contributed by atoms with Gasteiger partial charge < -0.3 is 4.57 Å². The Morgan fingerprint density at radius 2 is 1.92 bits per heavy atom. The maximum absolute atomic E-state index is 12.6. The highest BCUT2D eigenvalue weighted by atomic mass is 19.1. The molecule has 2 aromatic rings. The third-order valence-corrected chi connectivity index (χ3v) is 1.93. The van der Waals surface area contributed by atoms with Crippen molar-refractivity contribution in [2.75, 3.05) is 0 Å². The topological polar surface area (TPSA) is 17.8 Å². The van der Waals surface area contributed by atoms with Crippen LogP contribution in [0.2, 0.25) is 0 Å². The van der Waals surface area contributed by atoms with Crippen LogP contribution in [-0.4, -0.2) is 9.55 Å². The van der Waals surface area contributed by atoms with Crippen LogP contribution in [0.1, 0.15) is 5.82 Å². The van der Waals surface area contributed by atoms with E-state index >= 15 is 0 Å². The van der Waals surface area contributed by atoms with Crippen molar-refractivity contribution in [3.63, 3.8) is 0 Å². The van der Waals surface area contributed by atoms with Gasteiger partial charge in [0.05, 0.1) is 0 Å². The van der Waals surface area contributed by atoms with Gasteiger partial charge in [-0.25, -0.2) is 9.37 Å². The average molecular weight is 176 g/mol. The second-order valence-electron chi connectivity index (χ2n) is 2.82. The Labute approximate surface area is 75.7 Å². The number of imidazole rings is 1. The highest BCUT2D eigenvalue weighted by molar-refractivity contribution is 5.32. The van der Waals surface area contributed by atoms with Crippen molar-refractivity contribution in [3.8, 4) is 5.69 Å². The molecule has 0 N–H and O–H groups in total. The summed E-state index contributed by atoms with van der Waals surface area (Å²) in [5.41, 5.74) is 0.927. The van der Waals surface area contributed by atoms with Gasteiger partial charge in [-0.3, -0.25) is 0 Å². The molecule has 0 spiro atoms. The molecule has 1 heterocycles. The third-order valence-electron chi connectivity index (χ3n) is 1.93. The number of benzene rings is 1. The number of nitrogens with zero attached hydrogens (tertiary/aromatic N) is 2. The molecule has 0 unspecified atom stereocenters. The second-order valence-corrected chi connectivity index (χ2v) is 2.82. The van der Waals surface area contributed by atoms with Crippen LogP contribution < -0.4 is 0 Å². The van der Waals surface area contributed by atoms with Gasteiger partial charge in [-0.2, -0.15) is 0 Å². The molecular formula is C10H9FN2. The molecule has 0 aliphatic heterocycles. The Morgan fingerprint density at radius 3 is 2.46 bits per heavy atom. The van der Waals surface area contributed by atoms with Crippen LogP contribution in [0.5, 0.6) is 0 Å². The lowest BCUT2D eigenvalue weighted by Gasteiger charge is -2.03. The van der Waals surface area contributed by atoms with Gasteiger partial charge in [0.15, 0.2) is 0 Å². The van der Waals surface area contributed by atoms with E-state index in [0.717, 1.165) is 11.5 Å². The standard InChI is InChI=1S/C10H9FN2/c1-8-12-6-7-13(8)10-4-2-9(11)3-5-10/h2-7H,1H3. The fourth-order valence-electron chi connectivity index (χ4n) is 1.25. The molecule has 0 bridgehead atoms. The molecule has 0 amide bonds. The highest BCUT2D eigenvalue weighted by Crippen LogP contribution is 2.10. The van der Waals surface area contributed by atoms with Crippen LogP contribution in [0.4, 0.5) is 4.39 Å². The van der Waals surface area contributed by atoms with Gasteiger partial charge in [-0.1, -0.05) is 0 Å². The number of hydrogen-bond donors (Lipinski definition) is 0. The van der Waals surface area contributed by atoms with Crippen LogP contribution in [0.15, 0.2) is 36.7 Å². The maximum Gasteiger partial charge on any atom is 0.123 e. The van der Waals surface area contributed by atoms with Crippen molar-refractivity contribution >= 4 is 0 Å². The molecule has 66 valence electrons. The summed E-state index contributed by atoms with van der Waals surface area (Å²) in [6.07, 6.45) is 3.57. The van der Waals surface area contributed by atoms with Crippen molar-refractivity contribution < 1.29 is 4.39 Å². The molecule has 0 radical (unpaired) electrons. The normalized spacial score (nSPS) is 10.3. The monoisotopic (exact) mass is 176 g/mol. The number of hydrogen-bond acceptors (Lipinski definition) is 1. The molecule has 0 fully saturated rings. The smallest absolute Gasteiger partial charge is 0.123 e. The zero-order valence-corrected chi connectivity index (χ0v) is 7.24. The van der Waals surface area contributed by atoms with E-state index in [-0.39, 0.29) is 5.82 Å². The van der Waals surface area contributed by atoms with Crippen molar-refractivity contribution in [1.82, 2.24) is 9.55 Å². The Kier molecular flexibility index (Phi) is 1.85. The minimum atomic E-state index is -0.221. The van der Waals surface area contributed by atoms with Gasteiger partial charge in [0, 0.05) is 18.1 Å². The predicted octanol–water partition coefficient (Wildman–Crippen LogP) is 2.32. The first-order valence-corrected chi connectivity index (χ1v) is 4.03. The lowest BCUT2D eigenvalue weighted by molar-refractivity contribution is 0.627. The minimum Gasteiger partial charge on any atom is -0.304 e. The number of aromatic nitrogens is 2. The van der Waals surface area contributed by atoms with Crippen LogP contribution in [-0.2, 0) is 0 Å². The summed E-state index contributed by atoms with van der Waals surface area (Å²) in [5, 5.41) is 0. The lowest BCUT2D eigenvalue weighted by atomic mass is 10.3.